The van der Waals surface area contributed by atoms with Crippen LogP contribution in [0.25, 0.3) is 6.08 Å². The lowest BCUT2D eigenvalue weighted by Crippen LogP contribution is -2.23. The molecule has 0 aliphatic carbocycles. The number of hydrogen-bond donors (Lipinski definition) is 4. The summed E-state index contributed by atoms with van der Waals surface area (Å²) in [4.78, 5) is 0. The van der Waals surface area contributed by atoms with Crippen LogP contribution in [0.1, 0.15) is 17.2 Å². The third-order valence-corrected chi connectivity index (χ3v) is 3.80. The topological polar surface area (TPSA) is 109 Å². The van der Waals surface area contributed by atoms with Gasteiger partial charge < -0.3 is 34.6 Å². The summed E-state index contributed by atoms with van der Waals surface area (Å²) in [6.07, 6.45) is 1.29. The van der Waals surface area contributed by atoms with Crippen LogP contribution in [0.2, 0.25) is 0 Å². The minimum absolute atomic E-state index is 0.0442. The van der Waals surface area contributed by atoms with Crippen molar-refractivity contribution in [3.05, 3.63) is 53.6 Å². The summed E-state index contributed by atoms with van der Waals surface area (Å²) in [7, 11) is 3.00. The highest BCUT2D eigenvalue weighted by atomic mass is 16.5. The second-order valence-electron chi connectivity index (χ2n) is 5.88. The summed E-state index contributed by atoms with van der Waals surface area (Å²) < 4.78 is 15.3. The van der Waals surface area contributed by atoms with Crippen LogP contribution in [0, 0.1) is 0 Å². The molecule has 0 amide bonds. The average molecular weight is 376 g/mol. The average Bonchev–Trinajstić information content (AvgIpc) is 2.65. The van der Waals surface area contributed by atoms with Crippen molar-refractivity contribution in [2.45, 2.75) is 12.2 Å². The van der Waals surface area contributed by atoms with Crippen molar-refractivity contribution in [1.29, 1.82) is 0 Å². The molecule has 2 aromatic rings. The maximum Gasteiger partial charge on any atom is 0.169 e. The van der Waals surface area contributed by atoms with Gasteiger partial charge in [-0.15, -0.1) is 0 Å². The van der Waals surface area contributed by atoms with Gasteiger partial charge in [-0.2, -0.15) is 0 Å². The number of phenols is 2. The second kappa shape index (κ2) is 9.94. The molecule has 0 fully saturated rings. The van der Waals surface area contributed by atoms with Crippen molar-refractivity contribution in [2.75, 3.05) is 27.4 Å². The molecular weight excluding hydrogens is 352 g/mol. The van der Waals surface area contributed by atoms with Gasteiger partial charge in [0.25, 0.3) is 0 Å². The van der Waals surface area contributed by atoms with Gasteiger partial charge in [0, 0.05) is 14.2 Å². The van der Waals surface area contributed by atoms with Crippen LogP contribution in [-0.4, -0.2) is 54.0 Å². The van der Waals surface area contributed by atoms with Gasteiger partial charge in [0.1, 0.15) is 12.2 Å². The fourth-order valence-corrected chi connectivity index (χ4v) is 2.40. The van der Waals surface area contributed by atoms with E-state index in [1.807, 2.05) is 12.2 Å². The zero-order valence-electron chi connectivity index (χ0n) is 15.2. The lowest BCUT2D eigenvalue weighted by molar-refractivity contribution is -0.0273. The molecule has 0 unspecified atom stereocenters. The number of phenolic OH excluding ortho intramolecular Hbond substituents is 2. The van der Waals surface area contributed by atoms with E-state index in [1.54, 1.807) is 19.2 Å². The quantitative estimate of drug-likeness (QED) is 0.533. The van der Waals surface area contributed by atoms with Crippen molar-refractivity contribution in [1.82, 2.24) is 0 Å². The number of hydrogen-bond acceptors (Lipinski definition) is 7. The Morgan fingerprint density at radius 2 is 1.70 bits per heavy atom. The largest absolute Gasteiger partial charge is 0.504 e. The Hall–Kier alpha value is -2.58. The van der Waals surface area contributed by atoms with E-state index in [9.17, 15) is 20.4 Å². The molecule has 2 aromatic carbocycles. The van der Waals surface area contributed by atoms with Crippen LogP contribution in [0.15, 0.2) is 42.5 Å². The Morgan fingerprint density at radius 3 is 2.37 bits per heavy atom. The third-order valence-electron chi connectivity index (χ3n) is 3.80. The molecule has 7 heteroatoms. The number of aromatic hydroxyl groups is 2. The van der Waals surface area contributed by atoms with Gasteiger partial charge in [-0.3, -0.25) is 0 Å². The van der Waals surface area contributed by atoms with Crippen molar-refractivity contribution in [3.8, 4) is 23.0 Å². The number of ether oxygens (including phenoxy) is 3. The predicted molar refractivity (Wildman–Crippen MR) is 100 cm³/mol. The van der Waals surface area contributed by atoms with E-state index in [2.05, 4.69) is 0 Å². The lowest BCUT2D eigenvalue weighted by Gasteiger charge is -2.18. The molecule has 0 saturated heterocycles. The van der Waals surface area contributed by atoms with Crippen molar-refractivity contribution in [2.24, 2.45) is 0 Å². The summed E-state index contributed by atoms with van der Waals surface area (Å²) in [5.74, 6) is -0.0631. The van der Waals surface area contributed by atoms with E-state index in [4.69, 9.17) is 14.2 Å². The number of benzene rings is 2. The summed E-state index contributed by atoms with van der Waals surface area (Å²) in [5, 5.41) is 40.0. The minimum atomic E-state index is -1.22. The molecule has 0 aromatic heterocycles. The summed E-state index contributed by atoms with van der Waals surface area (Å²) >= 11 is 0. The molecule has 0 bridgehead atoms. The highest BCUT2D eigenvalue weighted by molar-refractivity contribution is 5.57. The number of aliphatic hydroxyl groups excluding tert-OH is 2. The third kappa shape index (κ3) is 5.70. The Kier molecular flexibility index (Phi) is 7.63. The molecule has 0 aliphatic heterocycles. The van der Waals surface area contributed by atoms with Crippen LogP contribution in [0.5, 0.6) is 23.0 Å². The van der Waals surface area contributed by atoms with Crippen LogP contribution < -0.4 is 4.74 Å². The molecule has 0 saturated carbocycles. The van der Waals surface area contributed by atoms with E-state index in [-0.39, 0.29) is 29.6 Å². The van der Waals surface area contributed by atoms with Gasteiger partial charge >= 0.3 is 0 Å². The molecule has 0 spiro atoms. The molecule has 7 nitrogen and oxygen atoms in total. The standard InChI is InChI=1S/C20H24O7/c1-25-9-3-4-13-5-7-15(21)19(10-13)27-18-8-6-14(11-16(18)22)20(24)17(23)12-26-2/h3-8,10-11,17,20-24H,9,12H2,1-2H3/t17-,20-/m0/s1. The first-order valence-corrected chi connectivity index (χ1v) is 8.30. The van der Waals surface area contributed by atoms with Crippen LogP contribution >= 0.6 is 0 Å². The SMILES string of the molecule is COCC=Cc1ccc(O)c(Oc2ccc([C@H](O)[C@@H](O)COC)cc2O)c1. The Balaban J connectivity index is 2.19. The van der Waals surface area contributed by atoms with Gasteiger partial charge in [-0.25, -0.2) is 0 Å². The molecule has 4 N–H and O–H groups in total. The van der Waals surface area contributed by atoms with E-state index in [1.165, 1.54) is 31.4 Å². The molecule has 2 atom stereocenters. The van der Waals surface area contributed by atoms with Gasteiger partial charge in [0.15, 0.2) is 23.0 Å². The number of aliphatic hydroxyl groups is 2. The van der Waals surface area contributed by atoms with Crippen molar-refractivity contribution < 1.29 is 34.6 Å². The zero-order chi connectivity index (χ0) is 19.8. The molecular formula is C20H24O7. The molecule has 146 valence electrons. The second-order valence-corrected chi connectivity index (χ2v) is 5.88. The van der Waals surface area contributed by atoms with Gasteiger partial charge in [-0.1, -0.05) is 24.3 Å². The van der Waals surface area contributed by atoms with E-state index in [0.717, 1.165) is 5.56 Å². The zero-order valence-corrected chi connectivity index (χ0v) is 15.2. The highest BCUT2D eigenvalue weighted by Crippen LogP contribution is 2.37. The van der Waals surface area contributed by atoms with E-state index >= 15 is 0 Å². The van der Waals surface area contributed by atoms with E-state index in [0.29, 0.717) is 12.2 Å². The Bertz CT molecular complexity index is 773. The van der Waals surface area contributed by atoms with Gasteiger partial charge in [0.2, 0.25) is 0 Å². The van der Waals surface area contributed by atoms with E-state index < -0.39 is 12.2 Å². The highest BCUT2D eigenvalue weighted by Gasteiger charge is 2.20. The Morgan fingerprint density at radius 1 is 0.926 bits per heavy atom. The van der Waals surface area contributed by atoms with Crippen LogP contribution in [0.3, 0.4) is 0 Å². The first-order chi connectivity index (χ1) is 13.0. The summed E-state index contributed by atoms with van der Waals surface area (Å²) in [5.41, 5.74) is 1.10. The van der Waals surface area contributed by atoms with Crippen molar-refractivity contribution >= 4 is 6.08 Å². The summed E-state index contributed by atoms with van der Waals surface area (Å²) in [6.45, 7) is 0.411. The molecule has 0 heterocycles. The van der Waals surface area contributed by atoms with Crippen LogP contribution in [0.4, 0.5) is 0 Å². The lowest BCUT2D eigenvalue weighted by atomic mass is 10.0. The monoisotopic (exact) mass is 376 g/mol. The summed E-state index contributed by atoms with van der Waals surface area (Å²) in [6, 6.07) is 9.06. The number of rotatable bonds is 9. The predicted octanol–water partition coefficient (Wildman–Crippen LogP) is 2.59. The Labute approximate surface area is 157 Å². The number of methoxy groups -OCH3 is 2. The molecule has 0 radical (unpaired) electrons. The van der Waals surface area contributed by atoms with Crippen LogP contribution in [-0.2, 0) is 9.47 Å². The first kappa shape index (κ1) is 20.7. The molecule has 2 rings (SSSR count). The fraction of sp³-hybridized carbons (Fsp3) is 0.300. The van der Waals surface area contributed by atoms with Gasteiger partial charge in [-0.05, 0) is 35.4 Å². The normalized spacial score (nSPS) is 13.6. The maximum absolute atomic E-state index is 10.2. The van der Waals surface area contributed by atoms with Crippen molar-refractivity contribution in [3.63, 3.8) is 0 Å². The minimum Gasteiger partial charge on any atom is -0.504 e. The first-order valence-electron chi connectivity index (χ1n) is 8.30. The smallest absolute Gasteiger partial charge is 0.169 e. The van der Waals surface area contributed by atoms with Gasteiger partial charge in [0.05, 0.1) is 13.2 Å². The molecule has 27 heavy (non-hydrogen) atoms. The maximum atomic E-state index is 10.2. The molecule has 0 aliphatic rings. The fourth-order valence-electron chi connectivity index (χ4n) is 2.40.